The first-order valence-corrected chi connectivity index (χ1v) is 8.32. The molecule has 0 saturated heterocycles. The summed E-state index contributed by atoms with van der Waals surface area (Å²) in [6.45, 7) is 1.16. The molecule has 1 amide bonds. The normalized spacial score (nSPS) is 13.2. The van der Waals surface area contributed by atoms with Gasteiger partial charge in [-0.15, -0.1) is 0 Å². The topological polar surface area (TPSA) is 66.8 Å². The van der Waals surface area contributed by atoms with Gasteiger partial charge in [0, 0.05) is 19.5 Å². The zero-order valence-electron chi connectivity index (χ0n) is 14.2. The van der Waals surface area contributed by atoms with Gasteiger partial charge in [-0.2, -0.15) is 0 Å². The second-order valence-corrected chi connectivity index (χ2v) is 6.21. The number of fused-ring (bicyclic) bond motifs is 1. The van der Waals surface area contributed by atoms with Crippen LogP contribution in [0.3, 0.4) is 0 Å². The van der Waals surface area contributed by atoms with Gasteiger partial charge in [0.2, 0.25) is 5.91 Å². The molecular weight excluding hydrogens is 318 g/mol. The molecule has 0 radical (unpaired) electrons. The van der Waals surface area contributed by atoms with Gasteiger partial charge in [0.1, 0.15) is 5.75 Å². The molecule has 2 aromatic rings. The number of nitrogens with zero attached hydrogens (tertiary/aromatic N) is 1. The lowest BCUT2D eigenvalue weighted by Crippen LogP contribution is -2.36. The van der Waals surface area contributed by atoms with Gasteiger partial charge < -0.3 is 14.7 Å². The van der Waals surface area contributed by atoms with Gasteiger partial charge in [-0.25, -0.2) is 4.79 Å². The van der Waals surface area contributed by atoms with Crippen molar-refractivity contribution in [2.45, 2.75) is 25.8 Å². The Morgan fingerprint density at radius 1 is 1.16 bits per heavy atom. The van der Waals surface area contributed by atoms with Crippen LogP contribution in [-0.2, 0) is 24.2 Å². The summed E-state index contributed by atoms with van der Waals surface area (Å²) in [6.07, 6.45) is 1.86. The summed E-state index contributed by atoms with van der Waals surface area (Å²) in [6, 6.07) is 12.9. The van der Waals surface area contributed by atoms with Crippen molar-refractivity contribution < 1.29 is 19.4 Å². The Morgan fingerprint density at radius 3 is 2.76 bits per heavy atom. The number of hydrogen-bond acceptors (Lipinski definition) is 3. The molecule has 0 bridgehead atoms. The highest BCUT2D eigenvalue weighted by atomic mass is 16.5. The van der Waals surface area contributed by atoms with E-state index in [9.17, 15) is 9.59 Å². The molecule has 1 aliphatic rings. The SMILES string of the molecule is COc1cccc(CCC(=O)N2CCc3ccc(C(=O)O)cc3C2)c1. The largest absolute Gasteiger partial charge is 0.497 e. The number of amides is 1. The van der Waals surface area contributed by atoms with Crippen LogP contribution in [-0.4, -0.2) is 35.5 Å². The van der Waals surface area contributed by atoms with E-state index >= 15 is 0 Å². The summed E-state index contributed by atoms with van der Waals surface area (Å²) in [5.74, 6) is -0.0588. The standard InChI is InChI=1S/C20H21NO4/c1-25-18-4-2-3-14(11-18)5-8-19(22)21-10-9-15-6-7-16(20(23)24)12-17(15)13-21/h2-4,6-7,11-12H,5,8-10,13H2,1H3,(H,23,24). The number of aryl methyl sites for hydroxylation is 1. The fourth-order valence-corrected chi connectivity index (χ4v) is 3.14. The average molecular weight is 339 g/mol. The third-order valence-electron chi connectivity index (χ3n) is 4.58. The molecule has 0 spiro atoms. The molecule has 0 atom stereocenters. The maximum absolute atomic E-state index is 12.5. The zero-order chi connectivity index (χ0) is 17.8. The highest BCUT2D eigenvalue weighted by Crippen LogP contribution is 2.22. The van der Waals surface area contributed by atoms with Gasteiger partial charge in [-0.1, -0.05) is 18.2 Å². The predicted molar refractivity (Wildman–Crippen MR) is 93.8 cm³/mol. The highest BCUT2D eigenvalue weighted by Gasteiger charge is 2.21. The molecule has 3 rings (SSSR count). The van der Waals surface area contributed by atoms with Crippen LogP contribution in [0.2, 0.25) is 0 Å². The number of methoxy groups -OCH3 is 1. The summed E-state index contributed by atoms with van der Waals surface area (Å²) in [5, 5.41) is 9.12. The summed E-state index contributed by atoms with van der Waals surface area (Å²) < 4.78 is 5.20. The molecule has 5 nitrogen and oxygen atoms in total. The Morgan fingerprint density at radius 2 is 2.00 bits per heavy atom. The number of hydrogen-bond donors (Lipinski definition) is 1. The van der Waals surface area contributed by atoms with Crippen molar-refractivity contribution in [1.82, 2.24) is 4.90 Å². The van der Waals surface area contributed by atoms with E-state index in [4.69, 9.17) is 9.84 Å². The van der Waals surface area contributed by atoms with Crippen LogP contribution in [0.4, 0.5) is 0 Å². The van der Waals surface area contributed by atoms with Gasteiger partial charge in [0.05, 0.1) is 12.7 Å². The first-order valence-electron chi connectivity index (χ1n) is 8.32. The molecule has 0 aliphatic carbocycles. The number of carboxylic acid groups (broad SMARTS) is 1. The predicted octanol–water partition coefficient (Wildman–Crippen LogP) is 2.91. The maximum Gasteiger partial charge on any atom is 0.335 e. The van der Waals surface area contributed by atoms with Crippen molar-refractivity contribution in [1.29, 1.82) is 0 Å². The molecule has 1 N–H and O–H groups in total. The summed E-state index contributed by atoms with van der Waals surface area (Å²) in [5.41, 5.74) is 3.39. The van der Waals surface area contributed by atoms with E-state index < -0.39 is 5.97 Å². The van der Waals surface area contributed by atoms with Crippen LogP contribution in [0.25, 0.3) is 0 Å². The number of carbonyl (C=O) groups excluding carboxylic acids is 1. The van der Waals surface area contributed by atoms with E-state index in [2.05, 4.69) is 0 Å². The van der Waals surface area contributed by atoms with Crippen LogP contribution in [0.15, 0.2) is 42.5 Å². The quantitative estimate of drug-likeness (QED) is 0.909. The van der Waals surface area contributed by atoms with Crippen molar-refractivity contribution in [2.75, 3.05) is 13.7 Å². The van der Waals surface area contributed by atoms with Crippen LogP contribution >= 0.6 is 0 Å². The Hall–Kier alpha value is -2.82. The number of ether oxygens (including phenoxy) is 1. The number of rotatable bonds is 5. The molecule has 0 fully saturated rings. The fraction of sp³-hybridized carbons (Fsp3) is 0.300. The Kier molecular flexibility index (Phi) is 5.03. The van der Waals surface area contributed by atoms with Crippen molar-refractivity contribution in [3.63, 3.8) is 0 Å². The number of carbonyl (C=O) groups is 2. The molecule has 25 heavy (non-hydrogen) atoms. The number of carboxylic acids is 1. The molecule has 1 heterocycles. The van der Waals surface area contributed by atoms with Crippen molar-refractivity contribution in [2.24, 2.45) is 0 Å². The van der Waals surface area contributed by atoms with Gasteiger partial charge in [0.15, 0.2) is 0 Å². The minimum absolute atomic E-state index is 0.0918. The van der Waals surface area contributed by atoms with E-state index in [-0.39, 0.29) is 11.5 Å². The van der Waals surface area contributed by atoms with Gasteiger partial charge in [0.25, 0.3) is 0 Å². The van der Waals surface area contributed by atoms with Crippen molar-refractivity contribution in [3.8, 4) is 5.75 Å². The Labute approximate surface area is 146 Å². The van der Waals surface area contributed by atoms with Gasteiger partial charge >= 0.3 is 5.97 Å². The molecule has 0 saturated carbocycles. The summed E-state index contributed by atoms with van der Waals surface area (Å²) in [4.78, 5) is 25.5. The van der Waals surface area contributed by atoms with Crippen LogP contribution < -0.4 is 4.74 Å². The molecule has 130 valence electrons. The lowest BCUT2D eigenvalue weighted by Gasteiger charge is -2.29. The number of benzene rings is 2. The monoisotopic (exact) mass is 339 g/mol. The summed E-state index contributed by atoms with van der Waals surface area (Å²) in [7, 11) is 1.63. The van der Waals surface area contributed by atoms with Crippen LogP contribution in [0.1, 0.15) is 33.5 Å². The average Bonchev–Trinajstić information content (AvgIpc) is 2.65. The van der Waals surface area contributed by atoms with Gasteiger partial charge in [-0.05, 0) is 53.8 Å². The van der Waals surface area contributed by atoms with E-state index in [1.165, 1.54) is 0 Å². The second-order valence-electron chi connectivity index (χ2n) is 6.21. The Balaban J connectivity index is 1.63. The number of aromatic carboxylic acids is 1. The fourth-order valence-electron chi connectivity index (χ4n) is 3.14. The molecular formula is C20H21NO4. The molecule has 2 aromatic carbocycles. The lowest BCUT2D eigenvalue weighted by molar-refractivity contribution is -0.132. The van der Waals surface area contributed by atoms with Crippen molar-refractivity contribution >= 4 is 11.9 Å². The smallest absolute Gasteiger partial charge is 0.335 e. The van der Waals surface area contributed by atoms with E-state index in [0.717, 1.165) is 28.9 Å². The zero-order valence-corrected chi connectivity index (χ0v) is 14.2. The van der Waals surface area contributed by atoms with E-state index in [1.54, 1.807) is 19.2 Å². The van der Waals surface area contributed by atoms with Crippen LogP contribution in [0, 0.1) is 0 Å². The van der Waals surface area contributed by atoms with Crippen molar-refractivity contribution in [3.05, 3.63) is 64.7 Å². The lowest BCUT2D eigenvalue weighted by atomic mass is 9.97. The Bertz CT molecular complexity index is 800. The van der Waals surface area contributed by atoms with E-state index in [0.29, 0.717) is 25.9 Å². The summed E-state index contributed by atoms with van der Waals surface area (Å²) >= 11 is 0. The highest BCUT2D eigenvalue weighted by molar-refractivity contribution is 5.88. The van der Waals surface area contributed by atoms with E-state index in [1.807, 2.05) is 35.2 Å². The maximum atomic E-state index is 12.5. The molecule has 0 unspecified atom stereocenters. The first kappa shape index (κ1) is 17.0. The van der Waals surface area contributed by atoms with Gasteiger partial charge in [-0.3, -0.25) is 4.79 Å². The molecule has 5 heteroatoms. The first-order chi connectivity index (χ1) is 12.1. The minimum atomic E-state index is -0.940. The third kappa shape index (κ3) is 3.99. The second kappa shape index (κ2) is 7.38. The molecule has 1 aliphatic heterocycles. The minimum Gasteiger partial charge on any atom is -0.497 e. The third-order valence-corrected chi connectivity index (χ3v) is 4.58. The van der Waals surface area contributed by atoms with Crippen LogP contribution in [0.5, 0.6) is 5.75 Å². The molecule has 0 aromatic heterocycles.